The fourth-order valence-electron chi connectivity index (χ4n) is 1.54. The summed E-state index contributed by atoms with van der Waals surface area (Å²) in [6, 6.07) is 5.06. The number of nitrogens with zero attached hydrogens (tertiary/aromatic N) is 2. The van der Waals surface area contributed by atoms with Crippen LogP contribution >= 0.6 is 0 Å². The Hall–Kier alpha value is -2.41. The van der Waals surface area contributed by atoms with Crippen LogP contribution < -0.4 is 10.6 Å². The molecular weight excluding hydrogens is 260 g/mol. The van der Waals surface area contributed by atoms with Crippen LogP contribution in [0.15, 0.2) is 28.9 Å². The Kier molecular flexibility index (Phi) is 4.67. The lowest BCUT2D eigenvalue weighted by molar-refractivity contribution is 0.102. The first-order chi connectivity index (χ1) is 9.69. The average molecular weight is 276 g/mol. The lowest BCUT2D eigenvalue weighted by Gasteiger charge is -2.06. The summed E-state index contributed by atoms with van der Waals surface area (Å²) in [7, 11) is 1.64. The van der Waals surface area contributed by atoms with Crippen molar-refractivity contribution < 1.29 is 14.1 Å². The summed E-state index contributed by atoms with van der Waals surface area (Å²) in [6.07, 6.45) is 1.60. The summed E-state index contributed by atoms with van der Waals surface area (Å²) in [5.74, 6) is 0.671. The van der Waals surface area contributed by atoms with E-state index in [-0.39, 0.29) is 5.91 Å². The van der Waals surface area contributed by atoms with Gasteiger partial charge in [-0.15, -0.1) is 0 Å². The lowest BCUT2D eigenvalue weighted by atomic mass is 10.3. The van der Waals surface area contributed by atoms with Gasteiger partial charge in [0.2, 0.25) is 0 Å². The van der Waals surface area contributed by atoms with E-state index in [0.717, 1.165) is 5.69 Å². The Morgan fingerprint density at radius 2 is 2.30 bits per heavy atom. The monoisotopic (exact) mass is 276 g/mol. The molecule has 0 unspecified atom stereocenters. The fourth-order valence-corrected chi connectivity index (χ4v) is 1.54. The van der Waals surface area contributed by atoms with Crippen LogP contribution in [0.5, 0.6) is 0 Å². The SMILES string of the molecule is COCCNc1ccc(C(=O)Nc2cc(C)on2)nc1. The molecule has 7 heteroatoms. The number of anilines is 2. The number of rotatable bonds is 6. The topological polar surface area (TPSA) is 89.3 Å². The predicted octanol–water partition coefficient (Wildman–Crippen LogP) is 1.69. The van der Waals surface area contributed by atoms with E-state index in [1.165, 1.54) is 0 Å². The van der Waals surface area contributed by atoms with Crippen LogP contribution in [0, 0.1) is 6.92 Å². The molecule has 2 aromatic rings. The number of pyridine rings is 1. The molecule has 7 nitrogen and oxygen atoms in total. The van der Waals surface area contributed by atoms with Gasteiger partial charge in [0.25, 0.3) is 5.91 Å². The van der Waals surface area contributed by atoms with Crippen molar-refractivity contribution >= 4 is 17.4 Å². The van der Waals surface area contributed by atoms with Crippen LogP contribution in [-0.4, -0.2) is 36.3 Å². The molecule has 0 spiro atoms. The second kappa shape index (κ2) is 6.67. The highest BCUT2D eigenvalue weighted by atomic mass is 16.5. The molecule has 0 saturated carbocycles. The zero-order chi connectivity index (χ0) is 14.4. The van der Waals surface area contributed by atoms with E-state index in [1.807, 2.05) is 0 Å². The maximum atomic E-state index is 11.9. The molecule has 0 aliphatic heterocycles. The quantitative estimate of drug-likeness (QED) is 0.780. The highest BCUT2D eigenvalue weighted by Crippen LogP contribution is 2.10. The molecule has 0 aliphatic rings. The van der Waals surface area contributed by atoms with Gasteiger partial charge in [-0.05, 0) is 19.1 Å². The summed E-state index contributed by atoms with van der Waals surface area (Å²) in [6.45, 7) is 3.04. The fraction of sp³-hybridized carbons (Fsp3) is 0.308. The van der Waals surface area contributed by atoms with Gasteiger partial charge in [0.15, 0.2) is 5.82 Å². The molecule has 2 N–H and O–H groups in total. The number of methoxy groups -OCH3 is 1. The minimum atomic E-state index is -0.332. The van der Waals surface area contributed by atoms with Crippen molar-refractivity contribution in [2.45, 2.75) is 6.92 Å². The normalized spacial score (nSPS) is 10.3. The van der Waals surface area contributed by atoms with E-state index in [1.54, 1.807) is 38.4 Å². The van der Waals surface area contributed by atoms with E-state index >= 15 is 0 Å². The first-order valence-corrected chi connectivity index (χ1v) is 6.12. The van der Waals surface area contributed by atoms with Gasteiger partial charge in [0, 0.05) is 19.7 Å². The number of amides is 1. The van der Waals surface area contributed by atoms with Crippen LogP contribution in [-0.2, 0) is 4.74 Å². The van der Waals surface area contributed by atoms with Crippen molar-refractivity contribution in [3.8, 4) is 0 Å². The minimum absolute atomic E-state index is 0.308. The number of carbonyl (C=O) groups is 1. The van der Waals surface area contributed by atoms with Crippen LogP contribution in [0.4, 0.5) is 11.5 Å². The highest BCUT2D eigenvalue weighted by Gasteiger charge is 2.10. The zero-order valence-corrected chi connectivity index (χ0v) is 11.3. The number of aryl methyl sites for hydroxylation is 1. The molecule has 0 bridgehead atoms. The van der Waals surface area contributed by atoms with E-state index in [0.29, 0.717) is 30.4 Å². The first kappa shape index (κ1) is 14.0. The Bertz CT molecular complexity index is 565. The third-order valence-corrected chi connectivity index (χ3v) is 2.50. The molecule has 106 valence electrons. The highest BCUT2D eigenvalue weighted by molar-refractivity contribution is 6.02. The molecule has 2 rings (SSSR count). The second-order valence-electron chi connectivity index (χ2n) is 4.13. The third kappa shape index (κ3) is 3.79. The van der Waals surface area contributed by atoms with Crippen LogP contribution in [0.3, 0.4) is 0 Å². The van der Waals surface area contributed by atoms with E-state index in [9.17, 15) is 4.79 Å². The van der Waals surface area contributed by atoms with Crippen molar-refractivity contribution in [2.75, 3.05) is 30.9 Å². The van der Waals surface area contributed by atoms with Crippen molar-refractivity contribution in [3.05, 3.63) is 35.9 Å². The maximum absolute atomic E-state index is 11.9. The van der Waals surface area contributed by atoms with Gasteiger partial charge < -0.3 is 19.9 Å². The molecule has 0 atom stereocenters. The Morgan fingerprint density at radius 3 is 2.90 bits per heavy atom. The van der Waals surface area contributed by atoms with Crippen LogP contribution in [0.1, 0.15) is 16.2 Å². The van der Waals surface area contributed by atoms with Crippen molar-refractivity contribution in [2.24, 2.45) is 0 Å². The Balaban J connectivity index is 1.93. The average Bonchev–Trinajstić information content (AvgIpc) is 2.85. The third-order valence-electron chi connectivity index (χ3n) is 2.50. The zero-order valence-electron chi connectivity index (χ0n) is 11.3. The standard InChI is InChI=1S/C13H16N4O3/c1-9-7-12(17-20-9)16-13(18)11-4-3-10(8-15-11)14-5-6-19-2/h3-4,7-8,14H,5-6H2,1-2H3,(H,16,17,18). The first-order valence-electron chi connectivity index (χ1n) is 6.12. The molecule has 2 heterocycles. The smallest absolute Gasteiger partial charge is 0.275 e. The van der Waals surface area contributed by atoms with Gasteiger partial charge in [-0.1, -0.05) is 5.16 Å². The number of carbonyl (C=O) groups excluding carboxylic acids is 1. The molecule has 1 amide bonds. The van der Waals surface area contributed by atoms with E-state index in [4.69, 9.17) is 9.26 Å². The van der Waals surface area contributed by atoms with E-state index in [2.05, 4.69) is 20.8 Å². The van der Waals surface area contributed by atoms with Crippen molar-refractivity contribution in [3.63, 3.8) is 0 Å². The molecule has 20 heavy (non-hydrogen) atoms. The Morgan fingerprint density at radius 1 is 1.45 bits per heavy atom. The summed E-state index contributed by atoms with van der Waals surface area (Å²) in [5.41, 5.74) is 1.14. The number of hydrogen-bond donors (Lipinski definition) is 2. The molecule has 0 fully saturated rings. The minimum Gasteiger partial charge on any atom is -0.383 e. The molecule has 2 aromatic heterocycles. The lowest BCUT2D eigenvalue weighted by Crippen LogP contribution is -2.14. The largest absolute Gasteiger partial charge is 0.383 e. The maximum Gasteiger partial charge on any atom is 0.275 e. The molecule has 0 aliphatic carbocycles. The van der Waals surface area contributed by atoms with Crippen molar-refractivity contribution in [1.29, 1.82) is 0 Å². The number of nitrogens with one attached hydrogen (secondary N) is 2. The molecule has 0 aromatic carbocycles. The van der Waals surface area contributed by atoms with E-state index < -0.39 is 0 Å². The predicted molar refractivity (Wildman–Crippen MR) is 73.8 cm³/mol. The van der Waals surface area contributed by atoms with Gasteiger partial charge in [0.05, 0.1) is 18.5 Å². The van der Waals surface area contributed by atoms with Gasteiger partial charge in [-0.25, -0.2) is 4.98 Å². The van der Waals surface area contributed by atoms with Gasteiger partial charge >= 0.3 is 0 Å². The summed E-state index contributed by atoms with van der Waals surface area (Å²) < 4.78 is 9.80. The number of hydrogen-bond acceptors (Lipinski definition) is 6. The van der Waals surface area contributed by atoms with Gasteiger partial charge in [-0.3, -0.25) is 4.79 Å². The summed E-state index contributed by atoms with van der Waals surface area (Å²) >= 11 is 0. The number of ether oxygens (including phenoxy) is 1. The molecule has 0 radical (unpaired) electrons. The van der Waals surface area contributed by atoms with Crippen LogP contribution in [0.2, 0.25) is 0 Å². The summed E-state index contributed by atoms with van der Waals surface area (Å²) in [4.78, 5) is 16.0. The number of aromatic nitrogens is 2. The molecule has 0 saturated heterocycles. The van der Waals surface area contributed by atoms with Gasteiger partial charge in [0.1, 0.15) is 11.5 Å². The summed E-state index contributed by atoms with van der Waals surface area (Å²) in [5, 5.41) is 9.41. The van der Waals surface area contributed by atoms with Crippen molar-refractivity contribution in [1.82, 2.24) is 10.1 Å². The van der Waals surface area contributed by atoms with Crippen LogP contribution in [0.25, 0.3) is 0 Å². The second-order valence-corrected chi connectivity index (χ2v) is 4.13. The van der Waals surface area contributed by atoms with Gasteiger partial charge in [-0.2, -0.15) is 0 Å². The Labute approximate surface area is 116 Å². The molecular formula is C13H16N4O3.